The molecule has 0 heterocycles. The monoisotopic (exact) mass is 386 g/mol. The Labute approximate surface area is 175 Å². The maximum Gasteiger partial charge on any atom is 0.127 e. The Bertz CT molecular complexity index is 1320. The molecular weight excluding hydrogens is 368 g/mol. The highest BCUT2D eigenvalue weighted by Gasteiger charge is 2.07. The van der Waals surface area contributed by atoms with Gasteiger partial charge in [-0.15, -0.1) is 0 Å². The van der Waals surface area contributed by atoms with Crippen LogP contribution in [0.4, 0.5) is 0 Å². The third-order valence-corrected chi connectivity index (χ3v) is 4.91. The molecular formula is C27H18N2O. The van der Waals surface area contributed by atoms with E-state index in [0.717, 1.165) is 11.1 Å². The molecule has 0 atom stereocenters. The van der Waals surface area contributed by atoms with E-state index in [2.05, 4.69) is 36.4 Å². The van der Waals surface area contributed by atoms with Crippen LogP contribution in [0.25, 0.3) is 22.4 Å². The molecule has 0 aliphatic heterocycles. The van der Waals surface area contributed by atoms with Crippen molar-refractivity contribution in [1.82, 2.24) is 0 Å². The first-order valence-corrected chi connectivity index (χ1v) is 9.59. The number of hydrogen-bond donors (Lipinski definition) is 0. The number of hydrogen-bond acceptors (Lipinski definition) is 3. The summed E-state index contributed by atoms with van der Waals surface area (Å²) in [5, 5.41) is 21.2. The highest BCUT2D eigenvalue weighted by atomic mass is 16.5. The summed E-state index contributed by atoms with van der Waals surface area (Å²) in [6, 6.07) is 33.5. The van der Waals surface area contributed by atoms with E-state index in [-0.39, 0.29) is 0 Å². The molecule has 0 N–H and O–H groups in total. The second-order valence-corrected chi connectivity index (χ2v) is 6.83. The fraction of sp³-hybridized carbons (Fsp3) is 0.0370. The van der Waals surface area contributed by atoms with Gasteiger partial charge in [0.25, 0.3) is 0 Å². The number of rotatable bonds is 5. The third-order valence-electron chi connectivity index (χ3n) is 4.91. The molecule has 0 saturated carbocycles. The first kappa shape index (κ1) is 19.0. The van der Waals surface area contributed by atoms with Gasteiger partial charge in [0.2, 0.25) is 0 Å². The van der Waals surface area contributed by atoms with Gasteiger partial charge in [-0.1, -0.05) is 72.8 Å². The van der Waals surface area contributed by atoms with E-state index in [4.69, 9.17) is 10.00 Å². The van der Waals surface area contributed by atoms with Crippen LogP contribution in [-0.2, 0) is 6.61 Å². The van der Waals surface area contributed by atoms with Crippen LogP contribution >= 0.6 is 0 Å². The Hall–Kier alpha value is -4.34. The minimum Gasteiger partial charge on any atom is -0.488 e. The number of benzene rings is 4. The van der Waals surface area contributed by atoms with E-state index < -0.39 is 0 Å². The van der Waals surface area contributed by atoms with E-state index >= 15 is 0 Å². The van der Waals surface area contributed by atoms with Gasteiger partial charge in [-0.3, -0.25) is 0 Å². The van der Waals surface area contributed by atoms with E-state index in [0.29, 0.717) is 29.1 Å². The Morgan fingerprint density at radius 3 is 2.47 bits per heavy atom. The number of nitriles is 2. The Kier molecular flexibility index (Phi) is 5.56. The van der Waals surface area contributed by atoms with Gasteiger partial charge >= 0.3 is 0 Å². The Morgan fingerprint density at radius 2 is 1.60 bits per heavy atom. The fourth-order valence-electron chi connectivity index (χ4n) is 3.40. The topological polar surface area (TPSA) is 56.8 Å². The minimum absolute atomic E-state index is 0.429. The number of allylic oxidation sites excluding steroid dienone is 1. The molecule has 142 valence electrons. The van der Waals surface area contributed by atoms with Crippen LogP contribution in [0.1, 0.15) is 22.3 Å². The van der Waals surface area contributed by atoms with Crippen molar-refractivity contribution in [2.75, 3.05) is 0 Å². The maximum atomic E-state index is 9.68. The third kappa shape index (κ3) is 4.07. The van der Waals surface area contributed by atoms with E-state index in [1.54, 1.807) is 24.3 Å². The molecule has 4 aromatic carbocycles. The predicted molar refractivity (Wildman–Crippen MR) is 119 cm³/mol. The van der Waals surface area contributed by atoms with Crippen molar-refractivity contribution >= 4 is 22.4 Å². The minimum atomic E-state index is 0.429. The average Bonchev–Trinajstić information content (AvgIpc) is 2.81. The van der Waals surface area contributed by atoms with Crippen LogP contribution in [0.15, 0.2) is 91.0 Å². The summed E-state index contributed by atoms with van der Waals surface area (Å²) in [4.78, 5) is 0. The molecule has 3 nitrogen and oxygen atoms in total. The van der Waals surface area contributed by atoms with Crippen molar-refractivity contribution in [3.8, 4) is 17.9 Å². The molecule has 0 bridgehead atoms. The smallest absolute Gasteiger partial charge is 0.127 e. The van der Waals surface area contributed by atoms with E-state index in [9.17, 15) is 5.26 Å². The lowest BCUT2D eigenvalue weighted by Gasteiger charge is -2.12. The molecule has 0 saturated heterocycles. The number of fused-ring (bicyclic) bond motifs is 1. The SMILES string of the molecule is N#C/C(=C/c1ccccc1OCc1cccc2ccccc12)c1cccc(C#N)c1. The van der Waals surface area contributed by atoms with Crippen molar-refractivity contribution in [3.05, 3.63) is 113 Å². The maximum absolute atomic E-state index is 9.68. The van der Waals surface area contributed by atoms with Crippen LogP contribution in [-0.4, -0.2) is 0 Å². The molecule has 30 heavy (non-hydrogen) atoms. The van der Waals surface area contributed by atoms with Gasteiger partial charge in [-0.25, -0.2) is 0 Å². The lowest BCUT2D eigenvalue weighted by atomic mass is 10.0. The molecule has 0 aliphatic carbocycles. The van der Waals surface area contributed by atoms with Gasteiger partial charge in [0.05, 0.1) is 23.3 Å². The second-order valence-electron chi connectivity index (χ2n) is 6.83. The highest BCUT2D eigenvalue weighted by Crippen LogP contribution is 2.27. The fourth-order valence-corrected chi connectivity index (χ4v) is 3.40. The van der Waals surface area contributed by atoms with Crippen molar-refractivity contribution < 1.29 is 4.74 Å². The number of para-hydroxylation sites is 1. The summed E-state index contributed by atoms with van der Waals surface area (Å²) < 4.78 is 6.15. The van der Waals surface area contributed by atoms with Crippen LogP contribution < -0.4 is 4.74 Å². The molecule has 0 radical (unpaired) electrons. The van der Waals surface area contributed by atoms with E-state index in [1.165, 1.54) is 10.8 Å². The zero-order valence-electron chi connectivity index (χ0n) is 16.2. The van der Waals surface area contributed by atoms with Crippen LogP contribution in [0.5, 0.6) is 5.75 Å². The molecule has 0 aliphatic rings. The standard InChI is InChI=1S/C27H18N2O/c28-17-20-7-5-11-22(15-20)25(18-29)16-23-9-2-4-14-27(23)30-19-24-12-6-10-21-8-1-3-13-26(21)24/h1-16H,19H2/b25-16-. The number of ether oxygens (including phenoxy) is 1. The Morgan fingerprint density at radius 1 is 0.833 bits per heavy atom. The molecule has 3 heteroatoms. The second kappa shape index (κ2) is 8.78. The van der Waals surface area contributed by atoms with Crippen molar-refractivity contribution in [2.45, 2.75) is 6.61 Å². The van der Waals surface area contributed by atoms with Crippen LogP contribution in [0.2, 0.25) is 0 Å². The van der Waals surface area contributed by atoms with Crippen molar-refractivity contribution in [2.24, 2.45) is 0 Å². The summed E-state index contributed by atoms with van der Waals surface area (Å²) >= 11 is 0. The van der Waals surface area contributed by atoms with Crippen LogP contribution in [0, 0.1) is 22.7 Å². The molecule has 0 fully saturated rings. The van der Waals surface area contributed by atoms with Crippen molar-refractivity contribution in [1.29, 1.82) is 10.5 Å². The van der Waals surface area contributed by atoms with Gasteiger partial charge < -0.3 is 4.74 Å². The summed E-state index contributed by atoms with van der Waals surface area (Å²) in [6.45, 7) is 0.429. The number of nitrogens with zero attached hydrogens (tertiary/aromatic N) is 2. The van der Waals surface area contributed by atoms with Gasteiger partial charge in [0.15, 0.2) is 0 Å². The zero-order chi connectivity index (χ0) is 20.8. The molecule has 4 rings (SSSR count). The summed E-state index contributed by atoms with van der Waals surface area (Å²) in [6.07, 6.45) is 1.80. The zero-order valence-corrected chi connectivity index (χ0v) is 16.2. The summed E-state index contributed by atoms with van der Waals surface area (Å²) in [7, 11) is 0. The molecule has 0 unspecified atom stereocenters. The average molecular weight is 386 g/mol. The predicted octanol–water partition coefficient (Wildman–Crippen LogP) is 6.35. The first-order chi connectivity index (χ1) is 14.8. The lowest BCUT2D eigenvalue weighted by Crippen LogP contribution is -1.98. The lowest BCUT2D eigenvalue weighted by molar-refractivity contribution is 0.307. The van der Waals surface area contributed by atoms with Gasteiger partial charge in [-0.05, 0) is 46.2 Å². The van der Waals surface area contributed by atoms with Gasteiger partial charge in [-0.2, -0.15) is 10.5 Å². The Balaban J connectivity index is 1.64. The first-order valence-electron chi connectivity index (χ1n) is 9.59. The van der Waals surface area contributed by atoms with Crippen LogP contribution in [0.3, 0.4) is 0 Å². The quantitative estimate of drug-likeness (QED) is 0.296. The molecule has 0 amide bonds. The van der Waals surface area contributed by atoms with Crippen molar-refractivity contribution in [3.63, 3.8) is 0 Å². The molecule has 4 aromatic rings. The van der Waals surface area contributed by atoms with E-state index in [1.807, 2.05) is 48.5 Å². The summed E-state index contributed by atoms with van der Waals surface area (Å²) in [5.74, 6) is 0.703. The van der Waals surface area contributed by atoms with Gasteiger partial charge in [0, 0.05) is 5.56 Å². The van der Waals surface area contributed by atoms with Gasteiger partial charge in [0.1, 0.15) is 12.4 Å². The largest absolute Gasteiger partial charge is 0.488 e. The molecule has 0 aromatic heterocycles. The summed E-state index contributed by atoms with van der Waals surface area (Å²) in [5.41, 5.74) is 3.63. The normalized spacial score (nSPS) is 10.9. The molecule has 0 spiro atoms. The highest BCUT2D eigenvalue weighted by molar-refractivity contribution is 5.91.